The van der Waals surface area contributed by atoms with Crippen LogP contribution in [0.1, 0.15) is 32.1 Å². The van der Waals surface area contributed by atoms with Crippen molar-refractivity contribution in [2.75, 3.05) is 0 Å². The summed E-state index contributed by atoms with van der Waals surface area (Å²) in [4.78, 5) is -1.60. The smallest absolute Gasteiger partial charge is 0.246 e. The summed E-state index contributed by atoms with van der Waals surface area (Å²) >= 11 is 0. The quantitative estimate of drug-likeness (QED) is 0.638. The van der Waals surface area contributed by atoms with E-state index in [0.29, 0.717) is 12.8 Å². The normalized spacial score (nSPS) is 30.4. The topological polar surface area (TPSA) is 72.2 Å². The van der Waals surface area contributed by atoms with Crippen molar-refractivity contribution >= 4 is 10.0 Å². The van der Waals surface area contributed by atoms with Crippen LogP contribution >= 0.6 is 0 Å². The lowest BCUT2D eigenvalue weighted by molar-refractivity contribution is 0.125. The second kappa shape index (κ2) is 6.27. The monoisotopic (exact) mass is 366 g/mol. The Labute approximate surface area is 137 Å². The SMILES string of the molecule is NC1CC2CCCC(C1)C2NS(=O)(=O)c1c(F)c(F)cc(F)c1F. The Morgan fingerprint density at radius 1 is 1.00 bits per heavy atom. The van der Waals surface area contributed by atoms with Crippen LogP contribution in [0.3, 0.4) is 0 Å². The van der Waals surface area contributed by atoms with Gasteiger partial charge in [0.25, 0.3) is 0 Å². The van der Waals surface area contributed by atoms with E-state index in [4.69, 9.17) is 5.73 Å². The fourth-order valence-electron chi connectivity index (χ4n) is 4.01. The number of halogens is 4. The van der Waals surface area contributed by atoms with Gasteiger partial charge in [-0.3, -0.25) is 0 Å². The van der Waals surface area contributed by atoms with Gasteiger partial charge in [0, 0.05) is 18.2 Å². The molecule has 1 aromatic rings. The molecule has 134 valence electrons. The first-order valence-corrected chi connectivity index (χ1v) is 9.30. The van der Waals surface area contributed by atoms with E-state index in [1.54, 1.807) is 0 Å². The van der Waals surface area contributed by atoms with Crippen molar-refractivity contribution in [1.29, 1.82) is 0 Å². The predicted octanol–water partition coefficient (Wildman–Crippen LogP) is 2.43. The molecule has 3 rings (SSSR count). The van der Waals surface area contributed by atoms with Crippen LogP contribution in [-0.2, 0) is 10.0 Å². The van der Waals surface area contributed by atoms with Gasteiger partial charge in [-0.15, -0.1) is 0 Å². The third-order valence-corrected chi connectivity index (χ3v) is 6.49. The highest BCUT2D eigenvalue weighted by Crippen LogP contribution is 2.40. The standard InChI is InChI=1S/C15H18F4N2O2S/c16-10-6-11(17)13(19)15(12(10)18)24(22,23)21-14-7-2-1-3-8(14)5-9(20)4-7/h6-9,14,21H,1-5,20H2. The van der Waals surface area contributed by atoms with E-state index in [0.717, 1.165) is 19.3 Å². The molecule has 0 aliphatic heterocycles. The van der Waals surface area contributed by atoms with Crippen molar-refractivity contribution in [1.82, 2.24) is 4.72 Å². The van der Waals surface area contributed by atoms with E-state index in [1.807, 2.05) is 0 Å². The van der Waals surface area contributed by atoms with Gasteiger partial charge >= 0.3 is 0 Å². The molecule has 2 saturated carbocycles. The Morgan fingerprint density at radius 3 is 2.00 bits per heavy atom. The van der Waals surface area contributed by atoms with Gasteiger partial charge in [-0.05, 0) is 37.5 Å². The number of nitrogens with one attached hydrogen (secondary N) is 1. The molecule has 2 atom stereocenters. The molecule has 1 aromatic carbocycles. The molecule has 0 radical (unpaired) electrons. The fraction of sp³-hybridized carbons (Fsp3) is 0.600. The van der Waals surface area contributed by atoms with Crippen molar-refractivity contribution in [3.05, 3.63) is 29.3 Å². The lowest BCUT2D eigenvalue weighted by Crippen LogP contribution is -2.53. The summed E-state index contributed by atoms with van der Waals surface area (Å²) in [5, 5.41) is 0. The molecule has 4 nitrogen and oxygen atoms in total. The molecule has 2 aliphatic rings. The zero-order chi connectivity index (χ0) is 17.6. The first kappa shape index (κ1) is 17.6. The van der Waals surface area contributed by atoms with Gasteiger partial charge in [-0.1, -0.05) is 6.42 Å². The molecule has 2 aliphatic carbocycles. The molecule has 3 N–H and O–H groups in total. The number of rotatable bonds is 3. The Bertz CT molecular complexity index is 716. The summed E-state index contributed by atoms with van der Waals surface area (Å²) in [6.45, 7) is 0. The van der Waals surface area contributed by atoms with Crippen LogP contribution in [0.2, 0.25) is 0 Å². The van der Waals surface area contributed by atoms with Gasteiger partial charge in [0.15, 0.2) is 28.2 Å². The number of sulfonamides is 1. The van der Waals surface area contributed by atoms with E-state index in [-0.39, 0.29) is 23.9 Å². The summed E-state index contributed by atoms with van der Waals surface area (Å²) in [5.74, 6) is -7.43. The van der Waals surface area contributed by atoms with Crippen molar-refractivity contribution in [2.24, 2.45) is 17.6 Å². The summed E-state index contributed by atoms with van der Waals surface area (Å²) < 4.78 is 81.4. The van der Waals surface area contributed by atoms with Crippen LogP contribution in [0.4, 0.5) is 17.6 Å². The van der Waals surface area contributed by atoms with Gasteiger partial charge in [0.05, 0.1) is 0 Å². The van der Waals surface area contributed by atoms with Crippen LogP contribution < -0.4 is 10.5 Å². The minimum Gasteiger partial charge on any atom is -0.328 e. The Kier molecular flexibility index (Phi) is 4.61. The van der Waals surface area contributed by atoms with E-state index >= 15 is 0 Å². The largest absolute Gasteiger partial charge is 0.328 e. The Balaban J connectivity index is 1.95. The molecule has 0 saturated heterocycles. The average Bonchev–Trinajstić information content (AvgIpc) is 2.46. The highest BCUT2D eigenvalue weighted by atomic mass is 32.2. The summed E-state index contributed by atoms with van der Waals surface area (Å²) in [6.07, 6.45) is 3.63. The van der Waals surface area contributed by atoms with Crippen LogP contribution in [0, 0.1) is 35.1 Å². The molecule has 0 heterocycles. The number of hydrogen-bond acceptors (Lipinski definition) is 3. The van der Waals surface area contributed by atoms with Crippen LogP contribution in [0.5, 0.6) is 0 Å². The van der Waals surface area contributed by atoms with Crippen molar-refractivity contribution < 1.29 is 26.0 Å². The van der Waals surface area contributed by atoms with E-state index in [1.165, 1.54) is 0 Å². The lowest BCUT2D eigenvalue weighted by atomic mass is 9.67. The molecule has 2 unspecified atom stereocenters. The van der Waals surface area contributed by atoms with Crippen molar-refractivity contribution in [2.45, 2.75) is 49.1 Å². The van der Waals surface area contributed by atoms with Crippen molar-refractivity contribution in [3.63, 3.8) is 0 Å². The van der Waals surface area contributed by atoms with Crippen LogP contribution in [0.15, 0.2) is 11.0 Å². The first-order valence-electron chi connectivity index (χ1n) is 7.81. The van der Waals surface area contributed by atoms with E-state index in [2.05, 4.69) is 4.72 Å². The number of fused-ring (bicyclic) bond motifs is 2. The zero-order valence-electron chi connectivity index (χ0n) is 12.7. The minimum atomic E-state index is -4.75. The lowest BCUT2D eigenvalue weighted by Gasteiger charge is -2.44. The van der Waals surface area contributed by atoms with Crippen LogP contribution in [0.25, 0.3) is 0 Å². The highest BCUT2D eigenvalue weighted by molar-refractivity contribution is 7.89. The van der Waals surface area contributed by atoms with Gasteiger partial charge < -0.3 is 5.73 Å². The summed E-state index contributed by atoms with van der Waals surface area (Å²) in [5.41, 5.74) is 5.95. The number of hydrogen-bond donors (Lipinski definition) is 2. The van der Waals surface area contributed by atoms with Gasteiger partial charge in [0.2, 0.25) is 10.0 Å². The maximum absolute atomic E-state index is 13.8. The maximum Gasteiger partial charge on any atom is 0.246 e. The maximum atomic E-state index is 13.8. The third-order valence-electron chi connectivity index (χ3n) is 5.01. The first-order chi connectivity index (χ1) is 11.2. The molecule has 2 bridgehead atoms. The van der Waals surface area contributed by atoms with E-state index < -0.39 is 44.2 Å². The van der Waals surface area contributed by atoms with Crippen LogP contribution in [-0.4, -0.2) is 20.5 Å². The average molecular weight is 366 g/mol. The fourth-order valence-corrected chi connectivity index (χ4v) is 5.53. The molecular formula is C15H18F4N2O2S. The van der Waals surface area contributed by atoms with Gasteiger partial charge in [-0.25, -0.2) is 30.7 Å². The molecule has 0 aromatic heterocycles. The molecule has 0 spiro atoms. The minimum absolute atomic E-state index is 0.0158. The van der Waals surface area contributed by atoms with Gasteiger partial charge in [0.1, 0.15) is 0 Å². The summed E-state index contributed by atoms with van der Waals surface area (Å²) in [6, 6.07) is -0.590. The molecule has 0 amide bonds. The second-order valence-electron chi connectivity index (χ2n) is 6.63. The number of nitrogens with two attached hydrogens (primary N) is 1. The predicted molar refractivity (Wildman–Crippen MR) is 78.4 cm³/mol. The summed E-state index contributed by atoms with van der Waals surface area (Å²) in [7, 11) is -4.75. The van der Waals surface area contributed by atoms with E-state index in [9.17, 15) is 26.0 Å². The van der Waals surface area contributed by atoms with Crippen molar-refractivity contribution in [3.8, 4) is 0 Å². The molecular weight excluding hydrogens is 348 g/mol. The van der Waals surface area contributed by atoms with Gasteiger partial charge in [-0.2, -0.15) is 0 Å². The number of benzene rings is 1. The Morgan fingerprint density at radius 2 is 1.50 bits per heavy atom. The third kappa shape index (κ3) is 3.04. The zero-order valence-corrected chi connectivity index (χ0v) is 13.6. The molecule has 9 heteroatoms. The second-order valence-corrected chi connectivity index (χ2v) is 8.28. The molecule has 24 heavy (non-hydrogen) atoms. The highest BCUT2D eigenvalue weighted by Gasteiger charge is 2.42. The molecule has 2 fully saturated rings. The Hall–Kier alpha value is -1.19.